The van der Waals surface area contributed by atoms with Gasteiger partial charge in [0.25, 0.3) is 5.91 Å². The molecule has 0 radical (unpaired) electrons. The molecule has 2 fully saturated rings. The third-order valence-corrected chi connectivity index (χ3v) is 5.92. The summed E-state index contributed by atoms with van der Waals surface area (Å²) in [4.78, 5) is 32.7. The fraction of sp³-hybridized carbons (Fsp3) is 0.474. The minimum atomic E-state index is -0.314. The lowest BCUT2D eigenvalue weighted by atomic mass is 9.93. The predicted molar refractivity (Wildman–Crippen MR) is 90.4 cm³/mol. The van der Waals surface area contributed by atoms with Gasteiger partial charge in [-0.3, -0.25) is 9.69 Å². The molecule has 2 aromatic rings. The number of carbonyl (C=O) groups excluding carboxylic acids is 2. The van der Waals surface area contributed by atoms with Crippen molar-refractivity contribution in [3.8, 4) is 0 Å². The van der Waals surface area contributed by atoms with E-state index in [1.165, 1.54) is 17.4 Å². The van der Waals surface area contributed by atoms with Crippen LogP contribution in [-0.2, 0) is 17.8 Å². The number of urea groups is 1. The molecule has 1 atom stereocenters. The summed E-state index contributed by atoms with van der Waals surface area (Å²) >= 11 is 0. The lowest BCUT2D eigenvalue weighted by Crippen LogP contribution is -2.42. The highest BCUT2D eigenvalue weighted by Gasteiger charge is 2.50. The van der Waals surface area contributed by atoms with Crippen molar-refractivity contribution in [2.45, 2.75) is 57.2 Å². The number of carbonyl (C=O) groups is 2. The Kier molecular flexibility index (Phi) is 2.99. The number of aromatic nitrogens is 1. The van der Waals surface area contributed by atoms with Crippen LogP contribution in [0.15, 0.2) is 24.3 Å². The van der Waals surface area contributed by atoms with E-state index < -0.39 is 0 Å². The van der Waals surface area contributed by atoms with Gasteiger partial charge in [-0.25, -0.2) is 4.79 Å². The largest absolute Gasteiger partial charge is 0.357 e. The normalized spacial score (nSPS) is 24.6. The molecule has 1 saturated carbocycles. The molecule has 0 unspecified atom stereocenters. The van der Waals surface area contributed by atoms with Crippen LogP contribution >= 0.6 is 0 Å². The predicted octanol–water partition coefficient (Wildman–Crippen LogP) is 3.19. The van der Waals surface area contributed by atoms with Gasteiger partial charge in [0.15, 0.2) is 0 Å². The second-order valence-corrected chi connectivity index (χ2v) is 7.26. The fourth-order valence-corrected chi connectivity index (χ4v) is 4.70. The van der Waals surface area contributed by atoms with E-state index in [1.54, 1.807) is 9.80 Å². The van der Waals surface area contributed by atoms with Gasteiger partial charge >= 0.3 is 6.03 Å². The van der Waals surface area contributed by atoms with Crippen LogP contribution in [0.3, 0.4) is 0 Å². The Hall–Kier alpha value is -2.30. The molecule has 3 heterocycles. The summed E-state index contributed by atoms with van der Waals surface area (Å²) in [6, 6.07) is 7.90. The molecule has 1 saturated heterocycles. The standard InChI is InChI=1S/C19H21N3O2/c23-18-17-10-14-13-8-4-5-9-15(13)20-16(14)11-21(17)19(24)22(18)12-6-2-1-3-7-12/h4-5,8-9,12,17,20H,1-3,6-7,10-11H2/t17-/m0/s1. The number of amides is 3. The second-order valence-electron chi connectivity index (χ2n) is 7.26. The first-order valence-electron chi connectivity index (χ1n) is 8.96. The molecule has 1 N–H and O–H groups in total. The smallest absolute Gasteiger partial charge is 0.328 e. The summed E-state index contributed by atoms with van der Waals surface area (Å²) in [6.45, 7) is 0.516. The van der Waals surface area contributed by atoms with E-state index in [4.69, 9.17) is 0 Å². The third-order valence-electron chi connectivity index (χ3n) is 5.92. The SMILES string of the molecule is O=C1[C@@H]2Cc3c([nH]c4ccccc34)CN2C(=O)N1C1CCCCC1. The molecule has 0 bridgehead atoms. The Morgan fingerprint density at radius 2 is 1.83 bits per heavy atom. The monoisotopic (exact) mass is 323 g/mol. The van der Waals surface area contributed by atoms with Gasteiger partial charge in [-0.1, -0.05) is 37.5 Å². The van der Waals surface area contributed by atoms with Crippen molar-refractivity contribution in [2.75, 3.05) is 0 Å². The molecule has 1 aliphatic carbocycles. The topological polar surface area (TPSA) is 56.4 Å². The summed E-state index contributed by atoms with van der Waals surface area (Å²) in [5.74, 6) is 0.0165. The van der Waals surface area contributed by atoms with Crippen LogP contribution in [0.25, 0.3) is 10.9 Å². The quantitative estimate of drug-likeness (QED) is 0.820. The van der Waals surface area contributed by atoms with Crippen LogP contribution in [0.2, 0.25) is 0 Å². The number of nitrogens with zero attached hydrogens (tertiary/aromatic N) is 2. The zero-order valence-electron chi connectivity index (χ0n) is 13.6. The van der Waals surface area contributed by atoms with Crippen molar-refractivity contribution in [3.05, 3.63) is 35.5 Å². The maximum atomic E-state index is 13.0. The first kappa shape index (κ1) is 14.1. The third kappa shape index (κ3) is 1.87. The van der Waals surface area contributed by atoms with Gasteiger partial charge in [0.1, 0.15) is 6.04 Å². The number of nitrogens with one attached hydrogen (secondary N) is 1. The van der Waals surface area contributed by atoms with Crippen molar-refractivity contribution in [3.63, 3.8) is 0 Å². The van der Waals surface area contributed by atoms with Crippen molar-refractivity contribution in [1.82, 2.24) is 14.8 Å². The number of hydrogen-bond donors (Lipinski definition) is 1. The van der Waals surface area contributed by atoms with E-state index >= 15 is 0 Å². The van der Waals surface area contributed by atoms with Crippen LogP contribution in [0, 0.1) is 0 Å². The van der Waals surface area contributed by atoms with Crippen molar-refractivity contribution in [1.29, 1.82) is 0 Å². The Morgan fingerprint density at radius 1 is 1.04 bits per heavy atom. The van der Waals surface area contributed by atoms with E-state index in [1.807, 2.05) is 12.1 Å². The molecule has 3 amide bonds. The van der Waals surface area contributed by atoms with Gasteiger partial charge in [0.05, 0.1) is 6.54 Å². The molecule has 24 heavy (non-hydrogen) atoms. The molecular weight excluding hydrogens is 302 g/mol. The molecule has 3 aliphatic rings. The number of para-hydroxylation sites is 1. The molecular formula is C19H21N3O2. The zero-order valence-corrected chi connectivity index (χ0v) is 13.6. The Labute approximate surface area is 140 Å². The van der Waals surface area contributed by atoms with Crippen molar-refractivity contribution >= 4 is 22.8 Å². The summed E-state index contributed by atoms with van der Waals surface area (Å²) in [6.07, 6.45) is 6.02. The van der Waals surface area contributed by atoms with Crippen LogP contribution in [0.1, 0.15) is 43.4 Å². The van der Waals surface area contributed by atoms with Gasteiger partial charge < -0.3 is 9.88 Å². The van der Waals surface area contributed by atoms with Crippen molar-refractivity contribution < 1.29 is 9.59 Å². The Morgan fingerprint density at radius 3 is 2.67 bits per heavy atom. The van der Waals surface area contributed by atoms with Gasteiger partial charge in [-0.2, -0.15) is 0 Å². The number of rotatable bonds is 1. The highest BCUT2D eigenvalue weighted by atomic mass is 16.2. The molecule has 5 heteroatoms. The van der Waals surface area contributed by atoms with E-state index in [-0.39, 0.29) is 24.0 Å². The summed E-state index contributed by atoms with van der Waals surface area (Å²) in [5, 5.41) is 1.18. The molecule has 5 rings (SSSR count). The number of benzene rings is 1. The highest BCUT2D eigenvalue weighted by molar-refractivity contribution is 6.05. The minimum absolute atomic E-state index is 0.0165. The molecule has 124 valence electrons. The molecule has 5 nitrogen and oxygen atoms in total. The van der Waals surface area contributed by atoms with Crippen molar-refractivity contribution in [2.24, 2.45) is 0 Å². The van der Waals surface area contributed by atoms with Gasteiger partial charge in [0.2, 0.25) is 0 Å². The van der Waals surface area contributed by atoms with Crippen LogP contribution in [-0.4, -0.2) is 38.8 Å². The summed E-state index contributed by atoms with van der Waals surface area (Å²) in [5.41, 5.74) is 3.38. The van der Waals surface area contributed by atoms with Crippen LogP contribution in [0.5, 0.6) is 0 Å². The first-order chi connectivity index (χ1) is 11.7. The lowest BCUT2D eigenvalue weighted by Gasteiger charge is -2.29. The highest BCUT2D eigenvalue weighted by Crippen LogP contribution is 2.36. The number of H-pyrrole nitrogens is 1. The fourth-order valence-electron chi connectivity index (χ4n) is 4.70. The summed E-state index contributed by atoms with van der Waals surface area (Å²) < 4.78 is 0. The van der Waals surface area contributed by atoms with Crippen LogP contribution < -0.4 is 0 Å². The summed E-state index contributed by atoms with van der Waals surface area (Å²) in [7, 11) is 0. The van der Waals surface area contributed by atoms with Crippen LogP contribution in [0.4, 0.5) is 4.79 Å². The maximum absolute atomic E-state index is 13.0. The van der Waals surface area contributed by atoms with E-state index in [0.29, 0.717) is 13.0 Å². The molecule has 2 aliphatic heterocycles. The molecule has 1 aromatic carbocycles. The number of imide groups is 1. The average molecular weight is 323 g/mol. The zero-order chi connectivity index (χ0) is 16.3. The molecule has 1 aromatic heterocycles. The Balaban J connectivity index is 1.50. The maximum Gasteiger partial charge on any atom is 0.328 e. The van der Waals surface area contributed by atoms with E-state index in [9.17, 15) is 9.59 Å². The van der Waals surface area contributed by atoms with Gasteiger partial charge in [-0.05, 0) is 24.5 Å². The average Bonchev–Trinajstić information content (AvgIpc) is 3.10. The Bertz CT molecular complexity index is 834. The molecule has 0 spiro atoms. The number of fused-ring (bicyclic) bond motifs is 4. The second kappa shape index (κ2) is 5.10. The number of aromatic amines is 1. The van der Waals surface area contributed by atoms with E-state index in [2.05, 4.69) is 17.1 Å². The minimum Gasteiger partial charge on any atom is -0.357 e. The number of hydrogen-bond acceptors (Lipinski definition) is 2. The lowest BCUT2D eigenvalue weighted by molar-refractivity contribution is -0.130. The van der Waals surface area contributed by atoms with Gasteiger partial charge in [0, 0.05) is 29.1 Å². The van der Waals surface area contributed by atoms with Gasteiger partial charge in [-0.15, -0.1) is 0 Å². The first-order valence-corrected chi connectivity index (χ1v) is 8.96. The van der Waals surface area contributed by atoms with E-state index in [0.717, 1.165) is 36.9 Å².